The number of hydrogen-bond acceptors (Lipinski definition) is 9. The standard InChI is InChI=1S/C46H66O9/c1-27(47)53-36-20-23-45(7)31-15-17-35-44(6,25-29(31)12-16-33(45)42(36,2)3)22-19-34-43(4,5)37(21-24-46(34,35)8)55-41-40(51)39(50)32(26-52-41)54-38(49)18-11-28-9-13-30(48)14-10-28/h9-14,18,31-37,39-41,48,50-51H,15-17,19-26H2,1-8H3/t31-,32+,33-,34+,35?,36+,37+,39-,40-,41-,44+,45-,46-/m0/s1. The van der Waals surface area contributed by atoms with E-state index in [-0.39, 0.29) is 57.6 Å². The van der Waals surface area contributed by atoms with Gasteiger partial charge in [0.25, 0.3) is 0 Å². The molecule has 4 saturated carbocycles. The number of carbonyl (C=O) groups is 2. The van der Waals surface area contributed by atoms with Crippen LogP contribution in [0.15, 0.2) is 42.0 Å². The Kier molecular flexibility index (Phi) is 10.7. The lowest BCUT2D eigenvalue weighted by molar-refractivity contribution is -0.307. The van der Waals surface area contributed by atoms with E-state index >= 15 is 0 Å². The highest BCUT2D eigenvalue weighted by atomic mass is 16.7. The molecular weight excluding hydrogens is 696 g/mol. The zero-order valence-electron chi connectivity index (χ0n) is 34.4. The number of phenols is 1. The molecule has 1 aromatic rings. The van der Waals surface area contributed by atoms with Crippen LogP contribution < -0.4 is 0 Å². The fraction of sp³-hybridized carbons (Fsp3) is 0.739. The predicted molar refractivity (Wildman–Crippen MR) is 209 cm³/mol. The van der Waals surface area contributed by atoms with Crippen LogP contribution in [0.5, 0.6) is 5.75 Å². The molecule has 13 atom stereocenters. The molecule has 55 heavy (non-hydrogen) atoms. The maximum absolute atomic E-state index is 12.6. The fourth-order valence-corrected chi connectivity index (χ4v) is 13.7. The van der Waals surface area contributed by atoms with Gasteiger partial charge in [0.2, 0.25) is 0 Å². The third kappa shape index (κ3) is 7.12. The first-order valence-electron chi connectivity index (χ1n) is 21.0. The lowest BCUT2D eigenvalue weighted by atomic mass is 9.42. The molecule has 6 aliphatic rings. The molecule has 7 rings (SSSR count). The second kappa shape index (κ2) is 14.6. The van der Waals surface area contributed by atoms with E-state index in [1.807, 2.05) is 0 Å². The minimum absolute atomic E-state index is 0.0312. The number of aliphatic hydroxyl groups excluding tert-OH is 2. The van der Waals surface area contributed by atoms with Gasteiger partial charge in [0.05, 0.1) is 12.7 Å². The summed E-state index contributed by atoms with van der Waals surface area (Å²) in [4.78, 5) is 24.6. The Bertz CT molecular complexity index is 1660. The first kappa shape index (κ1) is 40.5. The Morgan fingerprint density at radius 1 is 0.782 bits per heavy atom. The second-order valence-corrected chi connectivity index (χ2v) is 20.2. The van der Waals surface area contributed by atoms with Gasteiger partial charge in [0, 0.05) is 18.4 Å². The molecule has 0 bridgehead atoms. The van der Waals surface area contributed by atoms with Crippen LogP contribution in [0, 0.1) is 50.7 Å². The monoisotopic (exact) mass is 762 g/mol. The topological polar surface area (TPSA) is 132 Å². The Labute approximate surface area is 328 Å². The van der Waals surface area contributed by atoms with Gasteiger partial charge in [0.15, 0.2) is 12.4 Å². The number of rotatable bonds is 6. The summed E-state index contributed by atoms with van der Waals surface area (Å²) in [6, 6.07) is 6.38. The highest BCUT2D eigenvalue weighted by Gasteiger charge is 2.64. The van der Waals surface area contributed by atoms with E-state index in [0.29, 0.717) is 29.2 Å². The number of aromatic hydroxyl groups is 1. The fourth-order valence-electron chi connectivity index (χ4n) is 13.7. The Hall–Kier alpha value is -2.72. The van der Waals surface area contributed by atoms with Crippen LogP contribution >= 0.6 is 0 Å². The van der Waals surface area contributed by atoms with Gasteiger partial charge in [-0.25, -0.2) is 4.79 Å². The molecule has 0 radical (unpaired) electrons. The molecule has 304 valence electrons. The third-order valence-corrected chi connectivity index (χ3v) is 16.4. The molecule has 5 aliphatic carbocycles. The number of phenolic OH excluding ortho intramolecular Hbond substituents is 1. The van der Waals surface area contributed by atoms with Crippen molar-refractivity contribution in [3.05, 3.63) is 47.6 Å². The highest BCUT2D eigenvalue weighted by Crippen LogP contribution is 2.70. The van der Waals surface area contributed by atoms with E-state index < -0.39 is 30.6 Å². The van der Waals surface area contributed by atoms with Crippen LogP contribution in [0.2, 0.25) is 0 Å². The van der Waals surface area contributed by atoms with Crippen molar-refractivity contribution < 1.29 is 43.9 Å². The molecule has 9 nitrogen and oxygen atoms in total. The second-order valence-electron chi connectivity index (χ2n) is 20.2. The molecule has 1 aliphatic heterocycles. The van der Waals surface area contributed by atoms with Crippen molar-refractivity contribution in [3.8, 4) is 5.75 Å². The third-order valence-electron chi connectivity index (χ3n) is 16.4. The zero-order valence-corrected chi connectivity index (χ0v) is 34.4. The summed E-state index contributed by atoms with van der Waals surface area (Å²) in [5.74, 6) is 1.32. The summed E-state index contributed by atoms with van der Waals surface area (Å²) in [5.41, 5.74) is 2.67. The summed E-state index contributed by atoms with van der Waals surface area (Å²) < 4.78 is 24.0. The molecule has 0 spiro atoms. The number of hydrogen-bond donors (Lipinski definition) is 3. The number of benzene rings is 1. The normalized spacial score (nSPS) is 43.4. The van der Waals surface area contributed by atoms with E-state index in [1.165, 1.54) is 43.9 Å². The van der Waals surface area contributed by atoms with Crippen LogP contribution in [0.3, 0.4) is 0 Å². The minimum atomic E-state index is -1.37. The van der Waals surface area contributed by atoms with Gasteiger partial charge in [-0.2, -0.15) is 0 Å². The number of ether oxygens (including phenoxy) is 4. The zero-order chi connectivity index (χ0) is 39.7. The van der Waals surface area contributed by atoms with E-state index in [0.717, 1.165) is 38.5 Å². The predicted octanol–water partition coefficient (Wildman–Crippen LogP) is 8.14. The SMILES string of the molecule is CC(=O)O[C@@H]1CC[C@@]2(C)[C@H]3CCC4[C@](C)(CC[C@@H]5C(C)(C)[C@H](O[C@@H]6OC[C@@H](OC(=O)C=Cc7ccc(O)cc7)[C@H](O)[C@@H]6O)CC[C@]45C)CC3=CC[C@H]2C1(C)C. The number of carbonyl (C=O) groups excluding carboxylic acids is 2. The molecule has 1 heterocycles. The minimum Gasteiger partial charge on any atom is -0.508 e. The highest BCUT2D eigenvalue weighted by molar-refractivity contribution is 5.87. The number of aliphatic hydroxyl groups is 2. The van der Waals surface area contributed by atoms with E-state index in [4.69, 9.17) is 18.9 Å². The average molecular weight is 763 g/mol. The summed E-state index contributed by atoms with van der Waals surface area (Å²) in [6.07, 6.45) is 11.3. The lowest BCUT2D eigenvalue weighted by Gasteiger charge is -2.64. The van der Waals surface area contributed by atoms with Crippen LogP contribution in [0.25, 0.3) is 6.08 Å². The molecule has 9 heteroatoms. The maximum Gasteiger partial charge on any atom is 0.331 e. The van der Waals surface area contributed by atoms with Crippen molar-refractivity contribution in [1.29, 1.82) is 0 Å². The molecular formula is C46H66O9. The molecule has 0 amide bonds. The maximum atomic E-state index is 12.6. The molecule has 1 saturated heterocycles. The summed E-state index contributed by atoms with van der Waals surface area (Å²) in [6.45, 7) is 18.5. The van der Waals surface area contributed by atoms with Crippen molar-refractivity contribution in [2.45, 2.75) is 156 Å². The molecule has 5 fully saturated rings. The quantitative estimate of drug-likeness (QED) is 0.114. The van der Waals surface area contributed by atoms with Crippen molar-refractivity contribution in [2.75, 3.05) is 6.61 Å². The summed E-state index contributed by atoms with van der Waals surface area (Å²) in [5, 5.41) is 31.7. The van der Waals surface area contributed by atoms with E-state index in [1.54, 1.807) is 30.7 Å². The van der Waals surface area contributed by atoms with Crippen LogP contribution in [-0.4, -0.2) is 70.7 Å². The van der Waals surface area contributed by atoms with E-state index in [9.17, 15) is 24.9 Å². The van der Waals surface area contributed by atoms with Gasteiger partial charge < -0.3 is 34.3 Å². The number of allylic oxidation sites excluding steroid dienone is 2. The Morgan fingerprint density at radius 2 is 1.45 bits per heavy atom. The first-order chi connectivity index (χ1) is 25.8. The van der Waals surface area contributed by atoms with Crippen LogP contribution in [0.1, 0.15) is 125 Å². The van der Waals surface area contributed by atoms with Crippen molar-refractivity contribution >= 4 is 18.0 Å². The largest absolute Gasteiger partial charge is 0.508 e. The van der Waals surface area contributed by atoms with Crippen molar-refractivity contribution in [1.82, 2.24) is 0 Å². The number of esters is 2. The molecule has 1 unspecified atom stereocenters. The summed E-state index contributed by atoms with van der Waals surface area (Å²) in [7, 11) is 0. The molecule has 0 aromatic heterocycles. The summed E-state index contributed by atoms with van der Waals surface area (Å²) >= 11 is 0. The Balaban J connectivity index is 1.01. The van der Waals surface area contributed by atoms with Crippen LogP contribution in [-0.2, 0) is 28.5 Å². The lowest BCUT2D eigenvalue weighted by Crippen LogP contribution is -2.61. The smallest absolute Gasteiger partial charge is 0.331 e. The first-order valence-corrected chi connectivity index (χ1v) is 21.0. The van der Waals surface area contributed by atoms with Gasteiger partial charge in [-0.1, -0.05) is 72.2 Å². The van der Waals surface area contributed by atoms with E-state index in [2.05, 4.69) is 54.5 Å². The average Bonchev–Trinajstić information content (AvgIpc) is 3.27. The molecule has 1 aromatic carbocycles. The van der Waals surface area contributed by atoms with Gasteiger partial charge in [-0.15, -0.1) is 0 Å². The van der Waals surface area contributed by atoms with Crippen molar-refractivity contribution in [2.24, 2.45) is 50.7 Å². The Morgan fingerprint density at radius 3 is 2.16 bits per heavy atom. The molecule has 3 N–H and O–H groups in total. The van der Waals surface area contributed by atoms with Crippen LogP contribution in [0.4, 0.5) is 0 Å². The van der Waals surface area contributed by atoms with Gasteiger partial charge in [-0.3, -0.25) is 4.79 Å². The van der Waals surface area contributed by atoms with Gasteiger partial charge in [0.1, 0.15) is 24.1 Å². The van der Waals surface area contributed by atoms with Crippen molar-refractivity contribution in [3.63, 3.8) is 0 Å². The van der Waals surface area contributed by atoms with Gasteiger partial charge in [-0.05, 0) is 133 Å². The van der Waals surface area contributed by atoms with Gasteiger partial charge >= 0.3 is 11.9 Å². The number of fused-ring (bicyclic) bond motifs is 6.